The lowest BCUT2D eigenvalue weighted by atomic mass is 10.2. The summed E-state index contributed by atoms with van der Waals surface area (Å²) in [6.07, 6.45) is 5.52. The van der Waals surface area contributed by atoms with E-state index >= 15 is 0 Å². The minimum atomic E-state index is 0.827. The maximum atomic E-state index is 4.65. The summed E-state index contributed by atoms with van der Waals surface area (Å²) in [5.74, 6) is 0. The second-order valence-corrected chi connectivity index (χ2v) is 7.30. The van der Waals surface area contributed by atoms with Crippen LogP contribution < -0.4 is 10.2 Å². The lowest BCUT2D eigenvalue weighted by molar-refractivity contribution is 0.831. The largest absolute Gasteiger partial charge is 0.370 e. The van der Waals surface area contributed by atoms with Crippen LogP contribution in [-0.2, 0) is 0 Å². The molecule has 0 aliphatic carbocycles. The van der Waals surface area contributed by atoms with Gasteiger partial charge in [0.15, 0.2) is 0 Å². The first-order valence-corrected chi connectivity index (χ1v) is 9.86. The molecule has 0 radical (unpaired) electrons. The Bertz CT molecular complexity index is 992. The molecule has 4 rings (SSSR count). The van der Waals surface area contributed by atoms with Gasteiger partial charge in [-0.15, -0.1) is 5.10 Å². The molecule has 0 fully saturated rings. The number of nitrogens with one attached hydrogen (secondary N) is 1. The van der Waals surface area contributed by atoms with E-state index in [1.165, 1.54) is 11.3 Å². The number of hydrogen-bond donors (Lipinski definition) is 1. The fraction of sp³-hybridized carbons (Fsp3) is 0.250. The van der Waals surface area contributed by atoms with E-state index in [-0.39, 0.29) is 0 Å². The van der Waals surface area contributed by atoms with Gasteiger partial charge < -0.3 is 10.2 Å². The summed E-state index contributed by atoms with van der Waals surface area (Å²) in [4.78, 5) is 12.0. The third-order valence-electron chi connectivity index (χ3n) is 4.41. The average Bonchev–Trinajstić information content (AvgIpc) is 3.25. The molecule has 0 spiro atoms. The van der Waals surface area contributed by atoms with Gasteiger partial charge in [-0.3, -0.25) is 4.98 Å². The van der Waals surface area contributed by atoms with Gasteiger partial charge in [0.25, 0.3) is 0 Å². The second kappa shape index (κ2) is 7.75. The molecule has 6 nitrogen and oxygen atoms in total. The summed E-state index contributed by atoms with van der Waals surface area (Å²) in [5.41, 5.74) is 4.44. The summed E-state index contributed by atoms with van der Waals surface area (Å²) in [6, 6.07) is 12.5. The van der Waals surface area contributed by atoms with Gasteiger partial charge in [0.1, 0.15) is 0 Å². The monoisotopic (exact) mass is 378 g/mol. The van der Waals surface area contributed by atoms with E-state index in [1.54, 1.807) is 17.5 Å². The molecule has 0 atom stereocenters. The van der Waals surface area contributed by atoms with Crippen LogP contribution in [0.15, 0.2) is 55.0 Å². The van der Waals surface area contributed by atoms with Crippen molar-refractivity contribution in [2.24, 2.45) is 0 Å². The van der Waals surface area contributed by atoms with Crippen LogP contribution in [0.5, 0.6) is 0 Å². The highest BCUT2D eigenvalue weighted by atomic mass is 32.1. The molecule has 138 valence electrons. The van der Waals surface area contributed by atoms with E-state index in [4.69, 9.17) is 0 Å². The predicted octanol–water partition coefficient (Wildman–Crippen LogP) is 4.10. The quantitative estimate of drug-likeness (QED) is 0.525. The smallest absolute Gasteiger partial charge is 0.214 e. The van der Waals surface area contributed by atoms with Gasteiger partial charge in [0.05, 0.1) is 11.9 Å². The third kappa shape index (κ3) is 3.93. The first kappa shape index (κ1) is 17.5. The van der Waals surface area contributed by atoms with Crippen LogP contribution >= 0.6 is 11.3 Å². The van der Waals surface area contributed by atoms with Crippen molar-refractivity contribution in [1.82, 2.24) is 19.6 Å². The van der Waals surface area contributed by atoms with Gasteiger partial charge >= 0.3 is 0 Å². The Morgan fingerprint density at radius 3 is 2.89 bits per heavy atom. The molecular formula is C20H22N6S. The molecule has 1 N–H and O–H groups in total. The number of imidazole rings is 1. The van der Waals surface area contributed by atoms with E-state index in [9.17, 15) is 0 Å². The molecule has 27 heavy (non-hydrogen) atoms. The van der Waals surface area contributed by atoms with Crippen molar-refractivity contribution in [3.05, 3.63) is 60.6 Å². The van der Waals surface area contributed by atoms with E-state index < -0.39 is 0 Å². The summed E-state index contributed by atoms with van der Waals surface area (Å²) in [5, 5.41) is 8.90. The minimum Gasteiger partial charge on any atom is -0.370 e. The van der Waals surface area contributed by atoms with Gasteiger partial charge in [0.2, 0.25) is 10.1 Å². The van der Waals surface area contributed by atoms with Crippen LogP contribution in [0.25, 0.3) is 16.2 Å². The van der Waals surface area contributed by atoms with Crippen molar-refractivity contribution >= 4 is 27.1 Å². The van der Waals surface area contributed by atoms with Crippen LogP contribution in [0.3, 0.4) is 0 Å². The number of benzene rings is 1. The van der Waals surface area contributed by atoms with Crippen LogP contribution in [0.4, 0.5) is 10.8 Å². The van der Waals surface area contributed by atoms with Crippen molar-refractivity contribution in [1.29, 1.82) is 0 Å². The maximum absolute atomic E-state index is 4.65. The Hall–Kier alpha value is -2.93. The van der Waals surface area contributed by atoms with Crippen LogP contribution in [0.1, 0.15) is 12.5 Å². The van der Waals surface area contributed by atoms with Crippen molar-refractivity contribution in [3.63, 3.8) is 0 Å². The zero-order valence-corrected chi connectivity index (χ0v) is 16.3. The number of pyridine rings is 1. The summed E-state index contributed by atoms with van der Waals surface area (Å²) in [7, 11) is 0. The Kier molecular flexibility index (Phi) is 5.02. The normalized spacial score (nSPS) is 11.0. The molecule has 0 bridgehead atoms. The topological polar surface area (TPSA) is 58.4 Å². The van der Waals surface area contributed by atoms with Crippen LogP contribution in [0.2, 0.25) is 0 Å². The number of aryl methyl sites for hydroxylation is 1. The minimum absolute atomic E-state index is 0.827. The summed E-state index contributed by atoms with van der Waals surface area (Å²) < 4.78 is 1.83. The van der Waals surface area contributed by atoms with Crippen LogP contribution in [-0.4, -0.2) is 39.2 Å². The molecule has 3 heterocycles. The van der Waals surface area contributed by atoms with Gasteiger partial charge in [-0.25, -0.2) is 9.50 Å². The molecular weight excluding hydrogens is 356 g/mol. The number of fused-ring (bicyclic) bond motifs is 1. The fourth-order valence-corrected chi connectivity index (χ4v) is 3.82. The third-order valence-corrected chi connectivity index (χ3v) is 5.29. The maximum Gasteiger partial charge on any atom is 0.214 e. The highest BCUT2D eigenvalue weighted by molar-refractivity contribution is 7.20. The Morgan fingerprint density at radius 1 is 1.22 bits per heavy atom. The molecule has 1 aromatic carbocycles. The van der Waals surface area contributed by atoms with Gasteiger partial charge in [-0.1, -0.05) is 23.5 Å². The van der Waals surface area contributed by atoms with Gasteiger partial charge in [-0.2, -0.15) is 0 Å². The molecule has 0 aliphatic heterocycles. The predicted molar refractivity (Wildman–Crippen MR) is 112 cm³/mol. The molecule has 0 unspecified atom stereocenters. The molecule has 3 aromatic heterocycles. The van der Waals surface area contributed by atoms with Crippen molar-refractivity contribution < 1.29 is 0 Å². The first-order chi connectivity index (χ1) is 13.2. The zero-order valence-electron chi connectivity index (χ0n) is 15.5. The zero-order chi connectivity index (χ0) is 18.6. The summed E-state index contributed by atoms with van der Waals surface area (Å²) >= 11 is 1.56. The van der Waals surface area contributed by atoms with Crippen LogP contribution in [0, 0.1) is 6.92 Å². The van der Waals surface area contributed by atoms with E-state index in [0.29, 0.717) is 0 Å². The molecule has 4 aromatic rings. The fourth-order valence-electron chi connectivity index (χ4n) is 3.02. The van der Waals surface area contributed by atoms with Crippen molar-refractivity contribution in [2.75, 3.05) is 29.9 Å². The Labute approximate surface area is 162 Å². The summed E-state index contributed by atoms with van der Waals surface area (Å²) in [6.45, 7) is 7.03. The van der Waals surface area contributed by atoms with E-state index in [1.807, 2.05) is 29.0 Å². The molecule has 0 aliphatic rings. The van der Waals surface area contributed by atoms with Gasteiger partial charge in [0, 0.05) is 43.3 Å². The second-order valence-electron chi connectivity index (χ2n) is 6.35. The SMILES string of the molecule is CCN(CCNc1nn2cc(-c3cccnc3)nc2s1)c1cccc(C)c1. The van der Waals surface area contributed by atoms with E-state index in [0.717, 1.165) is 41.0 Å². The van der Waals surface area contributed by atoms with Crippen molar-refractivity contribution in [2.45, 2.75) is 13.8 Å². The number of likely N-dealkylation sites (N-methyl/N-ethyl adjacent to an activating group) is 1. The standard InChI is InChI=1S/C20H22N6S/c1-3-25(17-8-4-6-15(2)12-17)11-10-22-19-24-26-14-18(23-20(26)27-19)16-7-5-9-21-13-16/h4-9,12-14H,3,10-11H2,1-2H3,(H,22,24). The van der Waals surface area contributed by atoms with Gasteiger partial charge in [-0.05, 0) is 43.7 Å². The molecule has 0 saturated heterocycles. The molecule has 0 saturated carbocycles. The lowest BCUT2D eigenvalue weighted by Gasteiger charge is -2.23. The highest BCUT2D eigenvalue weighted by Crippen LogP contribution is 2.24. The number of aromatic nitrogens is 4. The number of anilines is 2. The lowest BCUT2D eigenvalue weighted by Crippen LogP contribution is -2.28. The number of nitrogens with zero attached hydrogens (tertiary/aromatic N) is 5. The number of rotatable bonds is 7. The average molecular weight is 379 g/mol. The molecule has 0 amide bonds. The Morgan fingerprint density at radius 2 is 2.15 bits per heavy atom. The highest BCUT2D eigenvalue weighted by Gasteiger charge is 2.10. The number of hydrogen-bond acceptors (Lipinski definition) is 6. The van der Waals surface area contributed by atoms with Crippen molar-refractivity contribution in [3.8, 4) is 11.3 Å². The molecule has 7 heteroatoms. The first-order valence-electron chi connectivity index (χ1n) is 9.05. The Balaban J connectivity index is 1.39. The van der Waals surface area contributed by atoms with E-state index in [2.05, 4.69) is 63.4 Å².